The predicted octanol–water partition coefficient (Wildman–Crippen LogP) is 2.18. The molecule has 1 aliphatic carbocycles. The molecule has 0 radical (unpaired) electrons. The van der Waals surface area contributed by atoms with E-state index in [0.717, 1.165) is 18.6 Å². The number of rotatable bonds is 7. The lowest BCUT2D eigenvalue weighted by Crippen LogP contribution is -2.57. The molecule has 2 fully saturated rings. The van der Waals surface area contributed by atoms with Crippen molar-refractivity contribution < 1.29 is 23.8 Å². The lowest BCUT2D eigenvalue weighted by Gasteiger charge is -2.42. The minimum absolute atomic E-state index is 0.0541. The van der Waals surface area contributed by atoms with Crippen LogP contribution in [0.1, 0.15) is 35.5 Å². The second-order valence-corrected chi connectivity index (χ2v) is 9.27. The molecule has 1 aromatic heterocycles. The molecule has 5 rings (SSSR count). The van der Waals surface area contributed by atoms with Gasteiger partial charge in [0, 0.05) is 32.8 Å². The molecule has 3 amide bonds. The molecule has 3 heterocycles. The van der Waals surface area contributed by atoms with Crippen LogP contribution in [-0.2, 0) is 35.5 Å². The van der Waals surface area contributed by atoms with Gasteiger partial charge in [0.15, 0.2) is 0 Å². The first-order valence-electron chi connectivity index (χ1n) is 11.7. The molecule has 0 saturated carbocycles. The third-order valence-corrected chi connectivity index (χ3v) is 7.42. The van der Waals surface area contributed by atoms with E-state index in [-0.39, 0.29) is 24.6 Å². The number of fused-ring (bicyclic) bond motifs is 1. The van der Waals surface area contributed by atoms with Crippen LogP contribution in [0.4, 0.5) is 4.79 Å². The number of hydrogen-bond donors (Lipinski definition) is 1. The Morgan fingerprint density at radius 1 is 1.06 bits per heavy atom. The molecule has 176 valence electrons. The van der Waals surface area contributed by atoms with E-state index in [9.17, 15) is 14.7 Å². The average Bonchev–Trinajstić information content (AvgIpc) is 3.51. The van der Waals surface area contributed by atoms with Crippen LogP contribution < -0.4 is 0 Å². The molecule has 1 spiro atoms. The van der Waals surface area contributed by atoms with Gasteiger partial charge in [-0.1, -0.05) is 24.3 Å². The van der Waals surface area contributed by atoms with Crippen LogP contribution in [0.15, 0.2) is 40.8 Å². The fourth-order valence-corrected chi connectivity index (χ4v) is 5.65. The zero-order valence-corrected chi connectivity index (χ0v) is 19.0. The molecule has 1 aromatic carbocycles. The lowest BCUT2D eigenvalue weighted by molar-refractivity contribution is -0.137. The predicted molar refractivity (Wildman–Crippen MR) is 120 cm³/mol. The smallest absolute Gasteiger partial charge is 0.328 e. The number of carbonyl (C=O) groups excluding carboxylic acids is 2. The van der Waals surface area contributed by atoms with Crippen molar-refractivity contribution in [2.45, 2.75) is 50.4 Å². The fraction of sp³-hybridized carbons (Fsp3) is 0.520. The van der Waals surface area contributed by atoms with Crippen LogP contribution in [0.25, 0.3) is 0 Å². The molecule has 0 unspecified atom stereocenters. The number of piperidine rings is 1. The number of ether oxygens (including phenoxy) is 1. The zero-order valence-electron chi connectivity index (χ0n) is 19.0. The molecule has 2 saturated heterocycles. The van der Waals surface area contributed by atoms with Gasteiger partial charge in [0.05, 0.1) is 13.2 Å². The molecule has 1 N–H and O–H groups in total. The number of imide groups is 1. The van der Waals surface area contributed by atoms with Gasteiger partial charge in [0.25, 0.3) is 5.91 Å². The Kier molecular flexibility index (Phi) is 5.99. The number of methoxy groups -OCH3 is 1. The van der Waals surface area contributed by atoms with E-state index in [0.29, 0.717) is 51.4 Å². The average molecular weight is 454 g/mol. The number of aliphatic hydroxyl groups is 1. The summed E-state index contributed by atoms with van der Waals surface area (Å²) in [5.41, 5.74) is 1.64. The van der Waals surface area contributed by atoms with E-state index in [1.165, 1.54) is 11.1 Å². The van der Waals surface area contributed by atoms with Gasteiger partial charge < -0.3 is 19.2 Å². The largest absolute Gasteiger partial charge is 0.462 e. The summed E-state index contributed by atoms with van der Waals surface area (Å²) in [4.78, 5) is 33.0. The van der Waals surface area contributed by atoms with Gasteiger partial charge in [-0.3, -0.25) is 14.6 Å². The highest BCUT2D eigenvalue weighted by molar-refractivity contribution is 6.07. The van der Waals surface area contributed by atoms with Crippen molar-refractivity contribution in [2.24, 2.45) is 0 Å². The molecule has 2 aliphatic heterocycles. The summed E-state index contributed by atoms with van der Waals surface area (Å²) in [6.07, 6.45) is 2.62. The second kappa shape index (κ2) is 8.93. The van der Waals surface area contributed by atoms with Crippen molar-refractivity contribution in [2.75, 3.05) is 33.4 Å². The Labute approximate surface area is 193 Å². The second-order valence-electron chi connectivity index (χ2n) is 9.27. The lowest BCUT2D eigenvalue weighted by atomic mass is 9.85. The Bertz CT molecular complexity index is 1000. The van der Waals surface area contributed by atoms with Crippen LogP contribution in [0.5, 0.6) is 0 Å². The van der Waals surface area contributed by atoms with E-state index in [2.05, 4.69) is 17.0 Å². The van der Waals surface area contributed by atoms with Gasteiger partial charge in [-0.25, -0.2) is 4.79 Å². The van der Waals surface area contributed by atoms with Gasteiger partial charge in [-0.15, -0.1) is 0 Å². The number of likely N-dealkylation sites (tertiary alicyclic amines) is 1. The van der Waals surface area contributed by atoms with Crippen molar-refractivity contribution in [1.82, 2.24) is 14.7 Å². The summed E-state index contributed by atoms with van der Waals surface area (Å²) in [7, 11) is 1.62. The molecular weight excluding hydrogens is 422 g/mol. The van der Waals surface area contributed by atoms with E-state index in [4.69, 9.17) is 9.15 Å². The molecule has 2 aromatic rings. The summed E-state index contributed by atoms with van der Waals surface area (Å²) in [6, 6.07) is 11.6. The Morgan fingerprint density at radius 3 is 2.33 bits per heavy atom. The number of aliphatic hydroxyl groups excluding tert-OH is 1. The maximum absolute atomic E-state index is 13.9. The number of urea groups is 1. The van der Waals surface area contributed by atoms with E-state index in [1.807, 2.05) is 18.2 Å². The fourth-order valence-electron chi connectivity index (χ4n) is 5.65. The highest BCUT2D eigenvalue weighted by atomic mass is 16.5. The van der Waals surface area contributed by atoms with Crippen LogP contribution in [0.3, 0.4) is 0 Å². The standard InChI is InChI=1S/C25H31N3O5/c1-32-13-12-27-24(31)28(20-14-18-4-2-3-5-19(18)15-20)23(30)25(27)8-10-26(11-9-25)16-21-6-7-22(17-29)33-21/h2-7,20,29H,8-17H2,1H3. The summed E-state index contributed by atoms with van der Waals surface area (Å²) < 4.78 is 10.9. The van der Waals surface area contributed by atoms with Crippen molar-refractivity contribution in [1.29, 1.82) is 0 Å². The summed E-state index contributed by atoms with van der Waals surface area (Å²) in [6.45, 7) is 2.70. The van der Waals surface area contributed by atoms with Crippen molar-refractivity contribution in [3.63, 3.8) is 0 Å². The third-order valence-electron chi connectivity index (χ3n) is 7.42. The highest BCUT2D eigenvalue weighted by Crippen LogP contribution is 2.40. The van der Waals surface area contributed by atoms with Crippen LogP contribution in [0.2, 0.25) is 0 Å². The molecule has 33 heavy (non-hydrogen) atoms. The first-order valence-corrected chi connectivity index (χ1v) is 11.7. The number of furan rings is 1. The van der Waals surface area contributed by atoms with Crippen LogP contribution in [0, 0.1) is 0 Å². The van der Waals surface area contributed by atoms with Crippen molar-refractivity contribution in [3.05, 3.63) is 59.0 Å². The molecule has 8 heteroatoms. The molecule has 0 bridgehead atoms. The highest BCUT2D eigenvalue weighted by Gasteiger charge is 2.59. The number of amides is 3. The molecular formula is C25H31N3O5. The zero-order chi connectivity index (χ0) is 23.0. The number of hydrogen-bond acceptors (Lipinski definition) is 6. The van der Waals surface area contributed by atoms with Gasteiger partial charge in [-0.05, 0) is 48.9 Å². The van der Waals surface area contributed by atoms with Crippen LogP contribution in [-0.4, -0.2) is 76.7 Å². The maximum Gasteiger partial charge on any atom is 0.328 e. The number of carbonyl (C=O) groups is 2. The first-order chi connectivity index (χ1) is 16.1. The minimum Gasteiger partial charge on any atom is -0.462 e. The summed E-state index contributed by atoms with van der Waals surface area (Å²) in [5, 5.41) is 9.23. The third kappa shape index (κ3) is 3.86. The monoisotopic (exact) mass is 453 g/mol. The molecule has 3 aliphatic rings. The van der Waals surface area contributed by atoms with Crippen molar-refractivity contribution >= 4 is 11.9 Å². The Hall–Kier alpha value is -2.68. The van der Waals surface area contributed by atoms with E-state index >= 15 is 0 Å². The minimum atomic E-state index is -0.805. The number of benzene rings is 1. The first kappa shape index (κ1) is 22.1. The van der Waals surface area contributed by atoms with Gasteiger partial charge in [0.1, 0.15) is 23.7 Å². The molecule has 8 nitrogen and oxygen atoms in total. The number of nitrogens with zero attached hydrogens (tertiary/aromatic N) is 3. The van der Waals surface area contributed by atoms with E-state index in [1.54, 1.807) is 23.0 Å². The van der Waals surface area contributed by atoms with Gasteiger partial charge in [-0.2, -0.15) is 0 Å². The normalized spacial score (nSPS) is 20.9. The Balaban J connectivity index is 1.33. The van der Waals surface area contributed by atoms with E-state index < -0.39 is 5.54 Å². The van der Waals surface area contributed by atoms with Crippen molar-refractivity contribution in [3.8, 4) is 0 Å². The quantitative estimate of drug-likeness (QED) is 0.647. The SMILES string of the molecule is COCCN1C(=O)N(C2Cc3ccccc3C2)C(=O)C12CCN(Cc1ccc(CO)o1)CC2. The van der Waals surface area contributed by atoms with Gasteiger partial charge >= 0.3 is 6.03 Å². The topological polar surface area (TPSA) is 86.5 Å². The summed E-state index contributed by atoms with van der Waals surface area (Å²) in [5.74, 6) is 1.29. The molecule has 0 atom stereocenters. The Morgan fingerprint density at radius 2 is 1.73 bits per heavy atom. The van der Waals surface area contributed by atoms with Crippen LogP contribution >= 0.6 is 0 Å². The van der Waals surface area contributed by atoms with Gasteiger partial charge in [0.2, 0.25) is 0 Å². The maximum atomic E-state index is 13.9. The summed E-state index contributed by atoms with van der Waals surface area (Å²) >= 11 is 0.